The Morgan fingerprint density at radius 1 is 1.47 bits per heavy atom. The second-order valence-electron chi connectivity index (χ2n) is 3.18. The smallest absolute Gasteiger partial charge is 0.330 e. The van der Waals surface area contributed by atoms with Gasteiger partial charge in [-0.1, -0.05) is 0 Å². The lowest BCUT2D eigenvalue weighted by molar-refractivity contribution is -0.143. The van der Waals surface area contributed by atoms with Crippen molar-refractivity contribution in [3.63, 3.8) is 0 Å². The maximum Gasteiger partial charge on any atom is 0.330 e. The Balaban J connectivity index is 2.70. The standard InChI is InChI=1S/C8H10N2O5/c1-10-7(14)4(2-3-5(11)12)6(13)9-8(10)15/h4H,2-3H2,1H3,(H,11,12)(H,9,13,15). The number of urea groups is 1. The molecule has 1 heterocycles. The quantitative estimate of drug-likeness (QED) is 0.597. The Labute approximate surface area is 85.0 Å². The molecule has 0 aromatic carbocycles. The summed E-state index contributed by atoms with van der Waals surface area (Å²) in [6.07, 6.45) is -0.385. The highest BCUT2D eigenvalue weighted by molar-refractivity contribution is 6.15. The number of carboxylic acid groups (broad SMARTS) is 1. The molecule has 1 aliphatic rings. The Kier molecular flexibility index (Phi) is 3.03. The van der Waals surface area contributed by atoms with Crippen LogP contribution in [0.5, 0.6) is 0 Å². The molecular formula is C8H10N2O5. The van der Waals surface area contributed by atoms with E-state index >= 15 is 0 Å². The van der Waals surface area contributed by atoms with Crippen molar-refractivity contribution in [2.24, 2.45) is 5.92 Å². The van der Waals surface area contributed by atoms with Gasteiger partial charge in [-0.25, -0.2) is 4.79 Å². The van der Waals surface area contributed by atoms with Crippen LogP contribution in [-0.2, 0) is 14.4 Å². The predicted octanol–water partition coefficient (Wildman–Crippen LogP) is -0.824. The van der Waals surface area contributed by atoms with Gasteiger partial charge in [0.05, 0.1) is 0 Å². The number of carbonyl (C=O) groups excluding carboxylic acids is 3. The first kappa shape index (κ1) is 11.2. The van der Waals surface area contributed by atoms with Crippen molar-refractivity contribution in [1.82, 2.24) is 10.2 Å². The van der Waals surface area contributed by atoms with Crippen molar-refractivity contribution in [1.29, 1.82) is 0 Å². The first-order chi connectivity index (χ1) is 6.93. The Morgan fingerprint density at radius 3 is 2.60 bits per heavy atom. The van der Waals surface area contributed by atoms with Crippen molar-refractivity contribution in [3.8, 4) is 0 Å². The number of aliphatic carboxylic acids is 1. The summed E-state index contributed by atoms with van der Waals surface area (Å²) in [5.74, 6) is -3.56. The molecule has 1 aliphatic heterocycles. The zero-order valence-electron chi connectivity index (χ0n) is 8.02. The highest BCUT2D eigenvalue weighted by Crippen LogP contribution is 2.14. The molecule has 0 aromatic heterocycles. The predicted molar refractivity (Wildman–Crippen MR) is 46.7 cm³/mol. The fraction of sp³-hybridized carbons (Fsp3) is 0.500. The third kappa shape index (κ3) is 2.30. The number of nitrogens with zero attached hydrogens (tertiary/aromatic N) is 1. The van der Waals surface area contributed by atoms with E-state index < -0.39 is 29.7 Å². The number of imide groups is 2. The highest BCUT2D eigenvalue weighted by atomic mass is 16.4. The van der Waals surface area contributed by atoms with Crippen LogP contribution in [0.1, 0.15) is 12.8 Å². The summed E-state index contributed by atoms with van der Waals surface area (Å²) in [4.78, 5) is 44.6. The van der Waals surface area contributed by atoms with Gasteiger partial charge in [0.15, 0.2) is 0 Å². The summed E-state index contributed by atoms with van der Waals surface area (Å²) in [6.45, 7) is 0. The summed E-state index contributed by atoms with van der Waals surface area (Å²) in [5, 5.41) is 10.4. The normalized spacial score (nSPS) is 21.5. The van der Waals surface area contributed by atoms with Gasteiger partial charge in [-0.05, 0) is 6.42 Å². The molecule has 1 saturated heterocycles. The van der Waals surface area contributed by atoms with Gasteiger partial charge in [-0.2, -0.15) is 0 Å². The van der Waals surface area contributed by atoms with Gasteiger partial charge in [-0.15, -0.1) is 0 Å². The van der Waals surface area contributed by atoms with E-state index in [1.807, 2.05) is 5.32 Å². The number of carboxylic acids is 1. The van der Waals surface area contributed by atoms with E-state index in [-0.39, 0.29) is 12.8 Å². The molecule has 7 heteroatoms. The Bertz CT molecular complexity index is 338. The van der Waals surface area contributed by atoms with Crippen molar-refractivity contribution in [2.45, 2.75) is 12.8 Å². The van der Waals surface area contributed by atoms with Crippen LogP contribution in [0.3, 0.4) is 0 Å². The van der Waals surface area contributed by atoms with Crippen LogP contribution in [-0.4, -0.2) is 40.9 Å². The highest BCUT2D eigenvalue weighted by Gasteiger charge is 2.38. The van der Waals surface area contributed by atoms with Gasteiger partial charge in [0, 0.05) is 13.5 Å². The zero-order chi connectivity index (χ0) is 11.6. The van der Waals surface area contributed by atoms with Crippen LogP contribution >= 0.6 is 0 Å². The average molecular weight is 214 g/mol. The van der Waals surface area contributed by atoms with Gasteiger partial charge < -0.3 is 5.11 Å². The number of carbonyl (C=O) groups is 4. The van der Waals surface area contributed by atoms with E-state index in [4.69, 9.17) is 5.11 Å². The van der Waals surface area contributed by atoms with Crippen LogP contribution in [0.2, 0.25) is 0 Å². The number of barbiturate groups is 1. The maximum atomic E-state index is 11.4. The van der Waals surface area contributed by atoms with Crippen LogP contribution in [0.4, 0.5) is 4.79 Å². The Hall–Kier alpha value is -1.92. The van der Waals surface area contributed by atoms with E-state index in [1.54, 1.807) is 0 Å². The first-order valence-corrected chi connectivity index (χ1v) is 4.27. The monoisotopic (exact) mass is 214 g/mol. The summed E-state index contributed by atoms with van der Waals surface area (Å²) in [6, 6.07) is -0.781. The molecule has 7 nitrogen and oxygen atoms in total. The summed E-state index contributed by atoms with van der Waals surface area (Å²) >= 11 is 0. The number of hydrogen-bond acceptors (Lipinski definition) is 4. The molecule has 1 unspecified atom stereocenters. The van der Waals surface area contributed by atoms with Crippen molar-refractivity contribution in [3.05, 3.63) is 0 Å². The maximum absolute atomic E-state index is 11.4. The molecule has 0 radical (unpaired) electrons. The molecule has 1 fully saturated rings. The molecule has 0 aliphatic carbocycles. The van der Waals surface area contributed by atoms with Gasteiger partial charge in [0.25, 0.3) is 0 Å². The lowest BCUT2D eigenvalue weighted by Gasteiger charge is -2.26. The van der Waals surface area contributed by atoms with Crippen LogP contribution in [0, 0.1) is 5.92 Å². The minimum absolute atomic E-state index is 0.0996. The van der Waals surface area contributed by atoms with Crippen LogP contribution in [0.25, 0.3) is 0 Å². The minimum Gasteiger partial charge on any atom is -0.481 e. The van der Waals surface area contributed by atoms with Crippen molar-refractivity contribution < 1.29 is 24.3 Å². The van der Waals surface area contributed by atoms with Crippen molar-refractivity contribution >= 4 is 23.8 Å². The third-order valence-electron chi connectivity index (χ3n) is 2.13. The zero-order valence-corrected chi connectivity index (χ0v) is 8.02. The number of rotatable bonds is 3. The molecule has 2 N–H and O–H groups in total. The first-order valence-electron chi connectivity index (χ1n) is 4.27. The van der Waals surface area contributed by atoms with Gasteiger partial charge in [0.2, 0.25) is 11.8 Å². The SMILES string of the molecule is CN1C(=O)NC(=O)C(CCC(=O)O)C1=O. The molecule has 0 aromatic rings. The number of nitrogens with one attached hydrogen (secondary N) is 1. The average Bonchev–Trinajstić information content (AvgIpc) is 2.14. The topological polar surface area (TPSA) is 104 Å². The summed E-state index contributed by atoms with van der Waals surface area (Å²) < 4.78 is 0. The summed E-state index contributed by atoms with van der Waals surface area (Å²) in [7, 11) is 1.23. The molecule has 0 saturated carbocycles. The van der Waals surface area contributed by atoms with Gasteiger partial charge in [0.1, 0.15) is 5.92 Å². The number of amides is 4. The summed E-state index contributed by atoms with van der Waals surface area (Å²) in [5.41, 5.74) is 0. The lowest BCUT2D eigenvalue weighted by atomic mass is 9.99. The van der Waals surface area contributed by atoms with E-state index in [2.05, 4.69) is 0 Å². The van der Waals surface area contributed by atoms with Gasteiger partial charge in [-0.3, -0.25) is 24.6 Å². The second-order valence-corrected chi connectivity index (χ2v) is 3.18. The lowest BCUT2D eigenvalue weighted by Crippen LogP contribution is -2.56. The molecule has 0 spiro atoms. The van der Waals surface area contributed by atoms with E-state index in [1.165, 1.54) is 7.05 Å². The molecule has 0 bridgehead atoms. The van der Waals surface area contributed by atoms with E-state index in [0.29, 0.717) is 0 Å². The van der Waals surface area contributed by atoms with Crippen LogP contribution in [0.15, 0.2) is 0 Å². The van der Waals surface area contributed by atoms with E-state index in [9.17, 15) is 19.2 Å². The second kappa shape index (κ2) is 4.07. The molecular weight excluding hydrogens is 204 g/mol. The molecule has 82 valence electrons. The van der Waals surface area contributed by atoms with E-state index in [0.717, 1.165) is 4.90 Å². The number of hydrogen-bond donors (Lipinski definition) is 2. The Morgan fingerprint density at radius 2 is 2.07 bits per heavy atom. The largest absolute Gasteiger partial charge is 0.481 e. The molecule has 1 atom stereocenters. The van der Waals surface area contributed by atoms with Crippen molar-refractivity contribution in [2.75, 3.05) is 7.05 Å². The molecule has 4 amide bonds. The molecule has 15 heavy (non-hydrogen) atoms. The minimum atomic E-state index is -1.09. The third-order valence-corrected chi connectivity index (χ3v) is 2.13. The van der Waals surface area contributed by atoms with Crippen LogP contribution < -0.4 is 5.32 Å². The fourth-order valence-electron chi connectivity index (χ4n) is 1.24. The van der Waals surface area contributed by atoms with Gasteiger partial charge >= 0.3 is 12.0 Å². The molecule has 1 rings (SSSR count). The fourth-order valence-corrected chi connectivity index (χ4v) is 1.24.